The van der Waals surface area contributed by atoms with Gasteiger partial charge in [-0.25, -0.2) is 8.78 Å². The van der Waals surface area contributed by atoms with E-state index in [-0.39, 0.29) is 11.3 Å². The van der Waals surface area contributed by atoms with Crippen LogP contribution >= 0.6 is 11.6 Å². The van der Waals surface area contributed by atoms with Crippen LogP contribution in [0.4, 0.5) is 8.78 Å². The number of fused-ring (bicyclic) bond motifs is 1. The summed E-state index contributed by atoms with van der Waals surface area (Å²) in [4.78, 5) is 0. The Morgan fingerprint density at radius 1 is 1.05 bits per heavy atom. The molecule has 2 N–H and O–H groups in total. The highest BCUT2D eigenvalue weighted by atomic mass is 35.5. The summed E-state index contributed by atoms with van der Waals surface area (Å²) in [6.07, 6.45) is 0. The molecule has 1 unspecified atom stereocenters. The fourth-order valence-electron chi connectivity index (χ4n) is 2.15. The third-order valence-corrected chi connectivity index (χ3v) is 3.47. The first-order chi connectivity index (χ1) is 9.58. The summed E-state index contributed by atoms with van der Waals surface area (Å²) < 4.78 is 33.0. The molecule has 0 saturated heterocycles. The molecule has 102 valence electrons. The molecule has 2 nitrogen and oxygen atoms in total. The van der Waals surface area contributed by atoms with E-state index in [2.05, 4.69) is 0 Å². The van der Waals surface area contributed by atoms with E-state index in [1.165, 1.54) is 6.07 Å². The lowest BCUT2D eigenvalue weighted by Gasteiger charge is -2.11. The molecule has 0 bridgehead atoms. The topological polar surface area (TPSA) is 39.2 Å². The SMILES string of the molecule is NC(c1cc2c(Cl)cccc2o1)c1c(F)cccc1F. The van der Waals surface area contributed by atoms with Crippen LogP contribution in [0.15, 0.2) is 46.9 Å². The Morgan fingerprint density at radius 3 is 2.35 bits per heavy atom. The number of halogens is 3. The first kappa shape index (κ1) is 13.1. The second-order valence-corrected chi connectivity index (χ2v) is 4.82. The summed E-state index contributed by atoms with van der Waals surface area (Å²) in [5.74, 6) is -1.15. The maximum absolute atomic E-state index is 13.7. The molecule has 1 atom stereocenters. The van der Waals surface area contributed by atoms with Crippen LogP contribution < -0.4 is 5.73 Å². The molecule has 0 saturated carbocycles. The first-order valence-corrected chi connectivity index (χ1v) is 6.33. The van der Waals surface area contributed by atoms with Gasteiger partial charge in [0.15, 0.2) is 0 Å². The van der Waals surface area contributed by atoms with Gasteiger partial charge in [-0.15, -0.1) is 0 Å². The van der Waals surface area contributed by atoms with Crippen LogP contribution in [0.3, 0.4) is 0 Å². The average Bonchev–Trinajstić information content (AvgIpc) is 2.84. The number of rotatable bonds is 2. The number of nitrogens with two attached hydrogens (primary N) is 1. The van der Waals surface area contributed by atoms with Crippen LogP contribution in [0.1, 0.15) is 17.4 Å². The van der Waals surface area contributed by atoms with Gasteiger partial charge in [-0.2, -0.15) is 0 Å². The molecule has 0 spiro atoms. The van der Waals surface area contributed by atoms with E-state index >= 15 is 0 Å². The van der Waals surface area contributed by atoms with Gasteiger partial charge in [0.2, 0.25) is 0 Å². The third kappa shape index (κ3) is 2.07. The Morgan fingerprint density at radius 2 is 1.70 bits per heavy atom. The highest BCUT2D eigenvalue weighted by Gasteiger charge is 2.21. The molecule has 3 aromatic rings. The minimum absolute atomic E-state index is 0.220. The summed E-state index contributed by atoms with van der Waals surface area (Å²) in [6, 6.07) is 9.34. The van der Waals surface area contributed by atoms with E-state index in [1.54, 1.807) is 24.3 Å². The summed E-state index contributed by atoms with van der Waals surface area (Å²) in [6.45, 7) is 0. The largest absolute Gasteiger partial charge is 0.459 e. The second-order valence-electron chi connectivity index (χ2n) is 4.41. The fraction of sp³-hybridized carbons (Fsp3) is 0.0667. The van der Waals surface area contributed by atoms with Crippen LogP contribution in [0.2, 0.25) is 5.02 Å². The third-order valence-electron chi connectivity index (χ3n) is 3.14. The molecule has 0 fully saturated rings. The van der Waals surface area contributed by atoms with Gasteiger partial charge in [0.1, 0.15) is 23.0 Å². The van der Waals surface area contributed by atoms with Crippen LogP contribution in [0.25, 0.3) is 11.0 Å². The van der Waals surface area contributed by atoms with Gasteiger partial charge in [0.25, 0.3) is 0 Å². The van der Waals surface area contributed by atoms with Gasteiger partial charge in [-0.3, -0.25) is 0 Å². The van der Waals surface area contributed by atoms with Crippen molar-refractivity contribution in [3.63, 3.8) is 0 Å². The quantitative estimate of drug-likeness (QED) is 0.760. The molecule has 0 aliphatic rings. The van der Waals surface area contributed by atoms with Crippen molar-refractivity contribution in [3.8, 4) is 0 Å². The Labute approximate surface area is 118 Å². The van der Waals surface area contributed by atoms with Gasteiger partial charge >= 0.3 is 0 Å². The van der Waals surface area contributed by atoms with Crippen molar-refractivity contribution in [1.29, 1.82) is 0 Å². The molecule has 0 amide bonds. The van der Waals surface area contributed by atoms with Crippen molar-refractivity contribution in [3.05, 3.63) is 70.4 Å². The molecule has 1 aromatic heterocycles. The van der Waals surface area contributed by atoms with Crippen molar-refractivity contribution in [2.75, 3.05) is 0 Å². The van der Waals surface area contributed by atoms with Gasteiger partial charge in [0.05, 0.1) is 11.1 Å². The number of hydrogen-bond acceptors (Lipinski definition) is 2. The first-order valence-electron chi connectivity index (χ1n) is 5.95. The van der Waals surface area contributed by atoms with Crippen molar-refractivity contribution < 1.29 is 13.2 Å². The second kappa shape index (κ2) is 4.89. The van der Waals surface area contributed by atoms with E-state index in [0.717, 1.165) is 12.1 Å². The Balaban J connectivity index is 2.13. The van der Waals surface area contributed by atoms with E-state index in [1.807, 2.05) is 0 Å². The molecular weight excluding hydrogens is 284 g/mol. The normalized spacial score (nSPS) is 12.8. The Kier molecular flexibility index (Phi) is 3.20. The minimum atomic E-state index is -1.03. The number of hydrogen-bond donors (Lipinski definition) is 1. The average molecular weight is 294 g/mol. The zero-order valence-electron chi connectivity index (χ0n) is 10.2. The molecule has 20 heavy (non-hydrogen) atoms. The van der Waals surface area contributed by atoms with Crippen molar-refractivity contribution in [2.24, 2.45) is 5.73 Å². The van der Waals surface area contributed by atoms with E-state index in [4.69, 9.17) is 21.8 Å². The van der Waals surface area contributed by atoms with Crippen LogP contribution in [0, 0.1) is 11.6 Å². The van der Waals surface area contributed by atoms with Gasteiger partial charge in [0, 0.05) is 10.9 Å². The van der Waals surface area contributed by atoms with Crippen molar-refractivity contribution in [1.82, 2.24) is 0 Å². The van der Waals surface area contributed by atoms with E-state index in [9.17, 15) is 8.78 Å². The van der Waals surface area contributed by atoms with Crippen LogP contribution in [-0.4, -0.2) is 0 Å². The lowest BCUT2D eigenvalue weighted by Crippen LogP contribution is -2.14. The highest BCUT2D eigenvalue weighted by Crippen LogP contribution is 2.32. The summed E-state index contributed by atoms with van der Waals surface area (Å²) >= 11 is 6.03. The summed E-state index contributed by atoms with van der Waals surface area (Å²) in [5.41, 5.74) is 6.22. The molecule has 0 aliphatic carbocycles. The molecule has 0 aliphatic heterocycles. The van der Waals surface area contributed by atoms with Crippen LogP contribution in [-0.2, 0) is 0 Å². The summed E-state index contributed by atoms with van der Waals surface area (Å²) in [7, 11) is 0. The highest BCUT2D eigenvalue weighted by molar-refractivity contribution is 6.35. The lowest BCUT2D eigenvalue weighted by molar-refractivity contribution is 0.487. The zero-order valence-corrected chi connectivity index (χ0v) is 11.0. The van der Waals surface area contributed by atoms with Gasteiger partial charge in [-0.05, 0) is 30.3 Å². The van der Waals surface area contributed by atoms with Gasteiger partial charge < -0.3 is 10.2 Å². The molecule has 1 heterocycles. The Bertz CT molecular complexity index is 764. The lowest BCUT2D eigenvalue weighted by atomic mass is 10.0. The van der Waals surface area contributed by atoms with Crippen molar-refractivity contribution >= 4 is 22.6 Å². The monoisotopic (exact) mass is 293 g/mol. The predicted molar refractivity (Wildman–Crippen MR) is 73.6 cm³/mol. The number of benzene rings is 2. The molecule has 0 radical (unpaired) electrons. The molecule has 2 aromatic carbocycles. The number of furan rings is 1. The predicted octanol–water partition coefficient (Wildman–Crippen LogP) is 4.41. The van der Waals surface area contributed by atoms with Crippen molar-refractivity contribution in [2.45, 2.75) is 6.04 Å². The molecule has 3 rings (SSSR count). The van der Waals surface area contributed by atoms with E-state index in [0.29, 0.717) is 16.0 Å². The minimum Gasteiger partial charge on any atom is -0.459 e. The smallest absolute Gasteiger partial charge is 0.135 e. The molecule has 5 heteroatoms. The zero-order chi connectivity index (χ0) is 14.3. The Hall–Kier alpha value is -1.91. The van der Waals surface area contributed by atoms with Gasteiger partial charge in [-0.1, -0.05) is 23.7 Å². The van der Waals surface area contributed by atoms with E-state index < -0.39 is 17.7 Å². The van der Waals surface area contributed by atoms with Crippen LogP contribution in [0.5, 0.6) is 0 Å². The standard InChI is InChI=1S/C15H10ClF2NO/c16-9-3-1-6-12-8(9)7-13(20-12)15(19)14-10(17)4-2-5-11(14)18/h1-7,15H,19H2. The summed E-state index contributed by atoms with van der Waals surface area (Å²) in [5, 5.41) is 1.16. The maximum atomic E-state index is 13.7. The molecular formula is C15H10ClF2NO. The fourth-order valence-corrected chi connectivity index (χ4v) is 2.37. The maximum Gasteiger partial charge on any atom is 0.135 e.